The maximum absolute atomic E-state index is 2.49. The van der Waals surface area contributed by atoms with Gasteiger partial charge in [0.25, 0.3) is 0 Å². The molecular formula is C53H43N. The van der Waals surface area contributed by atoms with Crippen LogP contribution >= 0.6 is 0 Å². The molecule has 10 rings (SSSR count). The number of anilines is 3. The maximum Gasteiger partial charge on any atom is 0.0531 e. The summed E-state index contributed by atoms with van der Waals surface area (Å²) in [6.07, 6.45) is 7.09. The first kappa shape index (κ1) is 32.5. The van der Waals surface area contributed by atoms with Gasteiger partial charge >= 0.3 is 0 Å². The Morgan fingerprint density at radius 3 is 1.78 bits per heavy atom. The van der Waals surface area contributed by atoms with Gasteiger partial charge in [-0.2, -0.15) is 0 Å². The van der Waals surface area contributed by atoms with E-state index in [1.807, 2.05) is 0 Å². The SMILES string of the molecule is CC1C=CC=C2c3c(-c4ccc5c(c4)C(C)(C)c4ccccc4N5c4ccc(-c5ccccc5)cc4)cccc3C(c3ccccc3)(c3ccccc3)C21. The van der Waals surface area contributed by atoms with Gasteiger partial charge in [-0.15, -0.1) is 0 Å². The number of hydrogen-bond acceptors (Lipinski definition) is 1. The first-order valence-corrected chi connectivity index (χ1v) is 19.3. The van der Waals surface area contributed by atoms with Crippen LogP contribution in [0, 0.1) is 11.8 Å². The highest BCUT2D eigenvalue weighted by Crippen LogP contribution is 2.63. The van der Waals surface area contributed by atoms with Crippen molar-refractivity contribution in [1.82, 2.24) is 0 Å². The van der Waals surface area contributed by atoms with E-state index in [-0.39, 0.29) is 16.7 Å². The van der Waals surface area contributed by atoms with E-state index in [1.54, 1.807) is 0 Å². The van der Waals surface area contributed by atoms with Crippen LogP contribution in [-0.4, -0.2) is 0 Å². The van der Waals surface area contributed by atoms with Gasteiger partial charge in [-0.25, -0.2) is 0 Å². The van der Waals surface area contributed by atoms with Crippen LogP contribution in [0.5, 0.6) is 0 Å². The molecule has 1 nitrogen and oxygen atoms in total. The molecule has 0 fully saturated rings. The summed E-state index contributed by atoms with van der Waals surface area (Å²) in [5.41, 5.74) is 17.7. The summed E-state index contributed by atoms with van der Waals surface area (Å²) in [7, 11) is 0. The fraction of sp³-hybridized carbons (Fsp3) is 0.132. The van der Waals surface area contributed by atoms with E-state index >= 15 is 0 Å². The average Bonchev–Trinajstić information content (AvgIpc) is 3.55. The topological polar surface area (TPSA) is 3.24 Å². The van der Waals surface area contributed by atoms with Gasteiger partial charge in [-0.3, -0.25) is 0 Å². The molecule has 260 valence electrons. The van der Waals surface area contributed by atoms with E-state index in [2.05, 4.69) is 220 Å². The Bertz CT molecular complexity index is 2540. The molecule has 0 aromatic heterocycles. The lowest BCUT2D eigenvalue weighted by atomic mass is 9.60. The molecule has 1 heteroatoms. The third-order valence-corrected chi connectivity index (χ3v) is 12.5. The summed E-state index contributed by atoms with van der Waals surface area (Å²) >= 11 is 0. The standard InChI is InChI=1S/C53H43N/c1-36-17-15-25-44-50-43(24-16-27-46(50)53(51(36)44,40-20-9-5-10-21-40)41-22-11-6-12-23-41)39-31-34-49-47(35-39)52(2,3)45-26-13-14-28-48(45)54(49)42-32-29-38(30-33-42)37-18-7-4-8-19-37/h4-36,51H,1-3H3. The van der Waals surface area contributed by atoms with Gasteiger partial charge in [0.1, 0.15) is 0 Å². The van der Waals surface area contributed by atoms with Gasteiger partial charge in [0.05, 0.1) is 16.8 Å². The van der Waals surface area contributed by atoms with Crippen molar-refractivity contribution in [3.05, 3.63) is 228 Å². The van der Waals surface area contributed by atoms with Crippen molar-refractivity contribution in [2.45, 2.75) is 31.6 Å². The Balaban J connectivity index is 1.18. The molecular weight excluding hydrogens is 651 g/mol. The molecule has 0 saturated carbocycles. The molecule has 0 saturated heterocycles. The molecule has 54 heavy (non-hydrogen) atoms. The number of allylic oxidation sites excluding steroid dienone is 4. The molecule has 0 radical (unpaired) electrons. The van der Waals surface area contributed by atoms with Crippen molar-refractivity contribution in [2.24, 2.45) is 11.8 Å². The minimum atomic E-state index is -0.320. The minimum absolute atomic E-state index is 0.206. The number of rotatable bonds is 5. The van der Waals surface area contributed by atoms with Crippen LogP contribution in [0.1, 0.15) is 54.2 Å². The zero-order valence-corrected chi connectivity index (χ0v) is 31.1. The zero-order chi connectivity index (χ0) is 36.4. The monoisotopic (exact) mass is 693 g/mol. The number of fused-ring (bicyclic) bond motifs is 5. The Morgan fingerprint density at radius 2 is 1.07 bits per heavy atom. The van der Waals surface area contributed by atoms with E-state index in [0.29, 0.717) is 5.92 Å². The van der Waals surface area contributed by atoms with E-state index < -0.39 is 0 Å². The number of hydrogen-bond donors (Lipinski definition) is 0. The molecule has 1 aliphatic heterocycles. The van der Waals surface area contributed by atoms with Crippen molar-refractivity contribution < 1.29 is 0 Å². The maximum atomic E-state index is 2.49. The smallest absolute Gasteiger partial charge is 0.0531 e. The molecule has 0 bridgehead atoms. The molecule has 3 aliphatic rings. The van der Waals surface area contributed by atoms with Crippen LogP contribution in [0.25, 0.3) is 27.8 Å². The fourth-order valence-electron chi connectivity index (χ4n) is 10.1. The van der Waals surface area contributed by atoms with Crippen molar-refractivity contribution in [3.8, 4) is 22.3 Å². The van der Waals surface area contributed by atoms with Gasteiger partial charge in [-0.1, -0.05) is 185 Å². The molecule has 0 N–H and O–H groups in total. The van der Waals surface area contributed by atoms with Crippen LogP contribution in [-0.2, 0) is 10.8 Å². The van der Waals surface area contributed by atoms with Crippen LogP contribution in [0.2, 0.25) is 0 Å². The summed E-state index contributed by atoms with van der Waals surface area (Å²) in [4.78, 5) is 2.46. The van der Waals surface area contributed by atoms with Crippen molar-refractivity contribution in [2.75, 3.05) is 4.90 Å². The van der Waals surface area contributed by atoms with Crippen LogP contribution in [0.15, 0.2) is 194 Å². The Hall–Kier alpha value is -6.18. The highest BCUT2D eigenvalue weighted by atomic mass is 15.2. The molecule has 7 aromatic carbocycles. The summed E-state index contributed by atoms with van der Waals surface area (Å²) in [5, 5.41) is 0. The zero-order valence-electron chi connectivity index (χ0n) is 31.1. The van der Waals surface area contributed by atoms with E-state index in [4.69, 9.17) is 0 Å². The summed E-state index contributed by atoms with van der Waals surface area (Å²) in [5.74, 6) is 0.616. The van der Waals surface area contributed by atoms with Gasteiger partial charge in [0, 0.05) is 17.0 Å². The van der Waals surface area contributed by atoms with E-state index in [0.717, 1.165) is 0 Å². The van der Waals surface area contributed by atoms with Crippen LogP contribution in [0.3, 0.4) is 0 Å². The second kappa shape index (κ2) is 12.5. The lowest BCUT2D eigenvalue weighted by molar-refractivity contribution is 0.399. The molecule has 2 aliphatic carbocycles. The number of benzene rings is 7. The minimum Gasteiger partial charge on any atom is -0.310 e. The van der Waals surface area contributed by atoms with Gasteiger partial charge in [0.2, 0.25) is 0 Å². The predicted octanol–water partition coefficient (Wildman–Crippen LogP) is 13.7. The summed E-state index contributed by atoms with van der Waals surface area (Å²) in [6, 6.07) is 65.4. The number of nitrogens with zero attached hydrogens (tertiary/aromatic N) is 1. The molecule has 0 amide bonds. The average molecular weight is 694 g/mol. The van der Waals surface area contributed by atoms with Gasteiger partial charge in [-0.05, 0) is 97.5 Å². The van der Waals surface area contributed by atoms with Gasteiger partial charge < -0.3 is 4.90 Å². The normalized spacial score (nSPS) is 18.6. The van der Waals surface area contributed by atoms with Gasteiger partial charge in [0.15, 0.2) is 0 Å². The molecule has 1 heterocycles. The highest BCUT2D eigenvalue weighted by molar-refractivity contribution is 5.94. The van der Waals surface area contributed by atoms with Crippen molar-refractivity contribution >= 4 is 22.6 Å². The Kier molecular flexibility index (Phi) is 7.49. The lowest BCUT2D eigenvalue weighted by Crippen LogP contribution is -2.37. The first-order chi connectivity index (χ1) is 26.5. The largest absolute Gasteiger partial charge is 0.310 e. The first-order valence-electron chi connectivity index (χ1n) is 19.3. The predicted molar refractivity (Wildman–Crippen MR) is 227 cm³/mol. The lowest BCUT2D eigenvalue weighted by Gasteiger charge is -2.42. The molecule has 2 atom stereocenters. The Morgan fingerprint density at radius 1 is 0.500 bits per heavy atom. The quantitative estimate of drug-likeness (QED) is 0.173. The molecule has 0 spiro atoms. The van der Waals surface area contributed by atoms with Crippen molar-refractivity contribution in [3.63, 3.8) is 0 Å². The number of para-hydroxylation sites is 1. The fourth-order valence-corrected chi connectivity index (χ4v) is 10.1. The van der Waals surface area contributed by atoms with E-state index in [1.165, 1.54) is 78.3 Å². The molecule has 7 aromatic rings. The van der Waals surface area contributed by atoms with Crippen LogP contribution < -0.4 is 4.90 Å². The third-order valence-electron chi connectivity index (χ3n) is 12.5. The summed E-state index contributed by atoms with van der Waals surface area (Å²) < 4.78 is 0. The van der Waals surface area contributed by atoms with Crippen LogP contribution in [0.4, 0.5) is 17.1 Å². The van der Waals surface area contributed by atoms with E-state index in [9.17, 15) is 0 Å². The second-order valence-electron chi connectivity index (χ2n) is 15.7. The molecule has 2 unspecified atom stereocenters. The third kappa shape index (κ3) is 4.71. The summed E-state index contributed by atoms with van der Waals surface area (Å²) in [6.45, 7) is 7.18. The second-order valence-corrected chi connectivity index (χ2v) is 15.7. The Labute approximate surface area is 319 Å². The van der Waals surface area contributed by atoms with Crippen molar-refractivity contribution in [1.29, 1.82) is 0 Å². The highest BCUT2D eigenvalue weighted by Gasteiger charge is 2.54.